The largest absolute Gasteiger partial charge is 0.335 e. The lowest BCUT2D eigenvalue weighted by Crippen LogP contribution is -2.45. The van der Waals surface area contributed by atoms with Crippen LogP contribution in [0.4, 0.5) is 20.3 Å². The molecule has 1 aromatic heterocycles. The Morgan fingerprint density at radius 2 is 1.92 bits per heavy atom. The lowest BCUT2D eigenvalue weighted by atomic mass is 10.1. The summed E-state index contributed by atoms with van der Waals surface area (Å²) in [5.41, 5.74) is 2.28. The van der Waals surface area contributed by atoms with E-state index < -0.39 is 18.5 Å². The fraction of sp³-hybridized carbons (Fsp3) is 0.235. The summed E-state index contributed by atoms with van der Waals surface area (Å²) >= 11 is 0. The van der Waals surface area contributed by atoms with Crippen LogP contribution < -0.4 is 15.5 Å². The maximum Gasteiger partial charge on any atom is 0.315 e. The van der Waals surface area contributed by atoms with E-state index in [0.29, 0.717) is 11.4 Å². The van der Waals surface area contributed by atoms with Crippen molar-refractivity contribution >= 4 is 23.3 Å². The highest BCUT2D eigenvalue weighted by molar-refractivity contribution is 6.01. The molecule has 2 N–H and O–H groups in total. The molecule has 3 rings (SSSR count). The van der Waals surface area contributed by atoms with Gasteiger partial charge in [-0.3, -0.25) is 9.59 Å². The molecular weight excluding hydrogens is 330 g/mol. The number of hydrogen-bond donors (Lipinski definition) is 2. The van der Waals surface area contributed by atoms with Crippen molar-refractivity contribution in [1.82, 2.24) is 10.3 Å². The van der Waals surface area contributed by atoms with Gasteiger partial charge in [0, 0.05) is 18.4 Å². The van der Waals surface area contributed by atoms with Crippen LogP contribution >= 0.6 is 0 Å². The zero-order valence-corrected chi connectivity index (χ0v) is 13.6. The van der Waals surface area contributed by atoms with Gasteiger partial charge in [0.15, 0.2) is 0 Å². The number of pyridine rings is 1. The van der Waals surface area contributed by atoms with Gasteiger partial charge < -0.3 is 15.5 Å². The van der Waals surface area contributed by atoms with Crippen molar-refractivity contribution in [3.05, 3.63) is 53.2 Å². The Kier molecular flexibility index (Phi) is 4.35. The number of hydrogen-bond acceptors (Lipinski definition) is 4. The summed E-state index contributed by atoms with van der Waals surface area (Å²) in [6.07, 6.45) is -3.52. The number of anilines is 2. The van der Waals surface area contributed by atoms with E-state index in [0.717, 1.165) is 11.3 Å². The van der Waals surface area contributed by atoms with E-state index in [1.807, 2.05) is 18.9 Å². The molecule has 0 aliphatic carbocycles. The molecule has 25 heavy (non-hydrogen) atoms. The van der Waals surface area contributed by atoms with E-state index in [1.54, 1.807) is 24.3 Å². The van der Waals surface area contributed by atoms with E-state index in [1.165, 1.54) is 12.1 Å². The number of fused-ring (bicyclic) bond motifs is 1. The molecule has 8 heteroatoms. The van der Waals surface area contributed by atoms with Crippen LogP contribution in [0.2, 0.25) is 0 Å². The second-order valence-corrected chi connectivity index (χ2v) is 5.72. The molecule has 2 amide bonds. The van der Waals surface area contributed by atoms with Gasteiger partial charge >= 0.3 is 6.43 Å². The number of rotatable bonds is 3. The molecule has 6 nitrogen and oxygen atoms in total. The smallest absolute Gasteiger partial charge is 0.315 e. The zero-order valence-electron chi connectivity index (χ0n) is 13.6. The van der Waals surface area contributed by atoms with Gasteiger partial charge in [-0.2, -0.15) is 8.78 Å². The first kappa shape index (κ1) is 16.8. The molecule has 0 radical (unpaired) electrons. The molecule has 2 aromatic rings. The van der Waals surface area contributed by atoms with Crippen LogP contribution in [0.25, 0.3) is 0 Å². The summed E-state index contributed by atoms with van der Waals surface area (Å²) in [4.78, 5) is 29.6. The number of benzene rings is 1. The second kappa shape index (κ2) is 6.46. The number of aromatic nitrogens is 1. The fourth-order valence-corrected chi connectivity index (χ4v) is 2.66. The van der Waals surface area contributed by atoms with Gasteiger partial charge in [0.1, 0.15) is 12.0 Å². The number of carbonyl (C=O) groups is 2. The zero-order chi connectivity index (χ0) is 18.1. The van der Waals surface area contributed by atoms with Crippen molar-refractivity contribution in [3.8, 4) is 0 Å². The van der Waals surface area contributed by atoms with Crippen LogP contribution in [-0.2, 0) is 4.79 Å². The highest BCUT2D eigenvalue weighted by Crippen LogP contribution is 2.30. The third kappa shape index (κ3) is 3.28. The summed E-state index contributed by atoms with van der Waals surface area (Å²) in [6, 6.07) is 9.83. The summed E-state index contributed by atoms with van der Waals surface area (Å²) in [7, 11) is 1.81. The first-order valence-electron chi connectivity index (χ1n) is 7.57. The number of alkyl halides is 2. The van der Waals surface area contributed by atoms with E-state index >= 15 is 0 Å². The fourth-order valence-electron chi connectivity index (χ4n) is 2.66. The number of aryl methyl sites for hydroxylation is 1. The van der Waals surface area contributed by atoms with E-state index in [2.05, 4.69) is 15.6 Å². The molecule has 0 unspecified atom stereocenters. The van der Waals surface area contributed by atoms with Gasteiger partial charge in [-0.15, -0.1) is 0 Å². The number of carbonyl (C=O) groups excluding carboxylic acids is 2. The molecule has 130 valence electrons. The molecule has 0 saturated heterocycles. The Hall–Kier alpha value is -3.03. The van der Waals surface area contributed by atoms with Crippen LogP contribution in [0.5, 0.6) is 0 Å². The van der Waals surface area contributed by atoms with Gasteiger partial charge in [-0.25, -0.2) is 4.98 Å². The Balaban J connectivity index is 1.85. The summed E-state index contributed by atoms with van der Waals surface area (Å²) in [5.74, 6) is -1.02. The minimum atomic E-state index is -3.07. The van der Waals surface area contributed by atoms with Crippen molar-refractivity contribution in [3.63, 3.8) is 0 Å². The average Bonchev–Trinajstić information content (AvgIpc) is 2.58. The normalized spacial score (nSPS) is 16.4. The van der Waals surface area contributed by atoms with Crippen molar-refractivity contribution < 1.29 is 18.4 Å². The Labute approximate surface area is 142 Å². The van der Waals surface area contributed by atoms with Crippen LogP contribution in [0.15, 0.2) is 36.4 Å². The van der Waals surface area contributed by atoms with Gasteiger partial charge in [-0.05, 0) is 36.8 Å². The molecular formula is C17H16F2N4O2. The number of nitrogens with one attached hydrogen (secondary N) is 2. The number of halogens is 2. The Morgan fingerprint density at radius 3 is 2.56 bits per heavy atom. The third-order valence-corrected chi connectivity index (χ3v) is 3.94. The van der Waals surface area contributed by atoms with Gasteiger partial charge in [0.25, 0.3) is 11.8 Å². The van der Waals surface area contributed by atoms with Gasteiger partial charge in [-0.1, -0.05) is 12.1 Å². The maximum absolute atomic E-state index is 12.3. The van der Waals surface area contributed by atoms with E-state index in [-0.39, 0.29) is 11.6 Å². The van der Waals surface area contributed by atoms with Crippen molar-refractivity contribution in [1.29, 1.82) is 0 Å². The standard InChI is InChI=1S/C17H16F2N4O2/c1-9-3-8-12-15(20-9)23(2)14(22-16(12)24)10-4-6-11(7-5-10)21-17(25)13(18)19/h3-8,13-14H,1-2H3,(H,21,25)(H,22,24)/t14-/m1/s1. The number of amides is 2. The molecule has 0 fully saturated rings. The second-order valence-electron chi connectivity index (χ2n) is 5.72. The molecule has 0 saturated carbocycles. The number of nitrogens with zero attached hydrogens (tertiary/aromatic N) is 2. The molecule has 1 aromatic carbocycles. The minimum Gasteiger partial charge on any atom is -0.335 e. The highest BCUT2D eigenvalue weighted by atomic mass is 19.3. The average molecular weight is 346 g/mol. The van der Waals surface area contributed by atoms with Crippen molar-refractivity contribution in [2.75, 3.05) is 17.3 Å². The predicted octanol–water partition coefficient (Wildman–Crippen LogP) is 2.47. The molecule has 2 heterocycles. The SMILES string of the molecule is Cc1ccc2c(n1)N(C)[C@H](c1ccc(NC(=O)C(F)F)cc1)NC2=O. The lowest BCUT2D eigenvalue weighted by Gasteiger charge is -2.35. The van der Waals surface area contributed by atoms with E-state index in [4.69, 9.17) is 0 Å². The lowest BCUT2D eigenvalue weighted by molar-refractivity contribution is -0.126. The maximum atomic E-state index is 12.3. The van der Waals surface area contributed by atoms with Crippen molar-refractivity contribution in [2.45, 2.75) is 19.5 Å². The third-order valence-electron chi connectivity index (χ3n) is 3.94. The summed E-state index contributed by atoms with van der Waals surface area (Å²) in [6.45, 7) is 1.84. The monoisotopic (exact) mass is 346 g/mol. The first-order valence-corrected chi connectivity index (χ1v) is 7.57. The van der Waals surface area contributed by atoms with Gasteiger partial charge in [0.05, 0.1) is 5.56 Å². The molecule has 0 spiro atoms. The summed E-state index contributed by atoms with van der Waals surface area (Å²) < 4.78 is 24.6. The van der Waals surface area contributed by atoms with Crippen LogP contribution in [0.1, 0.15) is 27.8 Å². The van der Waals surface area contributed by atoms with Crippen molar-refractivity contribution in [2.24, 2.45) is 0 Å². The quantitative estimate of drug-likeness (QED) is 0.895. The Morgan fingerprint density at radius 1 is 1.24 bits per heavy atom. The first-order chi connectivity index (χ1) is 11.9. The highest BCUT2D eigenvalue weighted by Gasteiger charge is 2.30. The van der Waals surface area contributed by atoms with Gasteiger partial charge in [0.2, 0.25) is 0 Å². The molecule has 1 aliphatic rings. The Bertz CT molecular complexity index is 824. The summed E-state index contributed by atoms with van der Waals surface area (Å²) in [5, 5.41) is 4.99. The minimum absolute atomic E-state index is 0.235. The van der Waals surface area contributed by atoms with Crippen LogP contribution in [-0.4, -0.2) is 30.3 Å². The molecule has 0 bridgehead atoms. The van der Waals surface area contributed by atoms with Crippen LogP contribution in [0.3, 0.4) is 0 Å². The van der Waals surface area contributed by atoms with Crippen LogP contribution in [0, 0.1) is 6.92 Å². The molecule has 1 atom stereocenters. The predicted molar refractivity (Wildman–Crippen MR) is 88.7 cm³/mol. The molecule has 1 aliphatic heterocycles. The topological polar surface area (TPSA) is 74.3 Å². The van der Waals surface area contributed by atoms with E-state index in [9.17, 15) is 18.4 Å².